The maximum absolute atomic E-state index is 13.1. The quantitative estimate of drug-likeness (QED) is 0.550. The van der Waals surface area contributed by atoms with Crippen molar-refractivity contribution in [3.8, 4) is 6.07 Å². The number of aromatic amines is 1. The lowest BCUT2D eigenvalue weighted by atomic mass is 10.1. The van der Waals surface area contributed by atoms with Crippen LogP contribution in [0, 0.1) is 24.1 Å². The summed E-state index contributed by atoms with van der Waals surface area (Å²) in [7, 11) is 0. The molecule has 0 fully saturated rings. The number of nitrogens with zero attached hydrogens (tertiary/aromatic N) is 2. The van der Waals surface area contributed by atoms with E-state index < -0.39 is 0 Å². The molecule has 0 unspecified atom stereocenters. The van der Waals surface area contributed by atoms with Crippen LogP contribution in [0.2, 0.25) is 0 Å². The highest BCUT2D eigenvalue weighted by Gasteiger charge is 2.20. The first kappa shape index (κ1) is 14.2. The van der Waals surface area contributed by atoms with Crippen molar-refractivity contribution in [2.24, 2.45) is 0 Å². The molecule has 0 saturated carbocycles. The molecule has 0 amide bonds. The molecule has 0 aliphatic rings. The van der Waals surface area contributed by atoms with Crippen LogP contribution in [0.15, 0.2) is 54.6 Å². The molecule has 116 valence electrons. The number of aromatic nitrogens is 2. The van der Waals surface area contributed by atoms with Crippen LogP contribution in [0.1, 0.15) is 11.1 Å². The van der Waals surface area contributed by atoms with Crippen LogP contribution in [0.5, 0.6) is 0 Å². The summed E-state index contributed by atoms with van der Waals surface area (Å²) in [5.74, 6) is 0.534. The number of benzene rings is 2. The number of halogens is 1. The Morgan fingerprint density at radius 3 is 2.62 bits per heavy atom. The van der Waals surface area contributed by atoms with Crippen LogP contribution < -0.4 is 9.72 Å². The van der Waals surface area contributed by atoms with Crippen LogP contribution in [-0.4, -0.2) is 4.98 Å². The second-order valence-electron chi connectivity index (χ2n) is 5.66. The average molecular weight is 317 g/mol. The predicted molar refractivity (Wildman–Crippen MR) is 90.6 cm³/mol. The molecule has 4 aromatic rings. The van der Waals surface area contributed by atoms with Crippen LogP contribution in [0.25, 0.3) is 16.7 Å². The van der Waals surface area contributed by atoms with Crippen LogP contribution in [-0.2, 0) is 0 Å². The molecule has 2 heterocycles. The third-order valence-electron chi connectivity index (χ3n) is 4.08. The first-order valence-electron chi connectivity index (χ1n) is 7.56. The van der Waals surface area contributed by atoms with Gasteiger partial charge in [0.15, 0.2) is 0 Å². The zero-order valence-corrected chi connectivity index (χ0v) is 13.0. The number of pyridine rings is 1. The Morgan fingerprint density at radius 2 is 1.88 bits per heavy atom. The van der Waals surface area contributed by atoms with E-state index in [0.29, 0.717) is 5.56 Å². The van der Waals surface area contributed by atoms with Gasteiger partial charge in [-0.2, -0.15) is 9.66 Å². The Labute approximate surface area is 137 Å². The van der Waals surface area contributed by atoms with Crippen LogP contribution in [0.4, 0.5) is 15.9 Å². The summed E-state index contributed by atoms with van der Waals surface area (Å²) in [6, 6.07) is 18.3. The molecule has 0 atom stereocenters. The first-order valence-corrected chi connectivity index (χ1v) is 7.56. The predicted octanol–water partition coefficient (Wildman–Crippen LogP) is 3.97. The number of hydrogen-bond donors (Lipinski definition) is 2. The molecular formula is C19H14FN4+. The Bertz CT molecular complexity index is 1100. The third-order valence-corrected chi connectivity index (χ3v) is 4.08. The Morgan fingerprint density at radius 1 is 1.12 bits per heavy atom. The molecule has 0 bridgehead atoms. The molecule has 0 aliphatic carbocycles. The van der Waals surface area contributed by atoms with Gasteiger partial charge in [0, 0.05) is 6.07 Å². The van der Waals surface area contributed by atoms with Crippen molar-refractivity contribution in [2.75, 3.05) is 5.32 Å². The lowest BCUT2D eigenvalue weighted by molar-refractivity contribution is -0.464. The van der Waals surface area contributed by atoms with Crippen LogP contribution >= 0.6 is 0 Å². The Hall–Kier alpha value is -3.39. The fourth-order valence-corrected chi connectivity index (χ4v) is 2.95. The fraction of sp³-hybridized carbons (Fsp3) is 0.0526. The molecule has 0 saturated heterocycles. The number of para-hydroxylation sites is 2. The number of fused-ring (bicyclic) bond motifs is 3. The zero-order valence-electron chi connectivity index (χ0n) is 13.0. The van der Waals surface area contributed by atoms with Crippen molar-refractivity contribution in [3.05, 3.63) is 71.5 Å². The van der Waals surface area contributed by atoms with Crippen LogP contribution in [0.3, 0.4) is 0 Å². The third kappa shape index (κ3) is 2.17. The molecule has 2 N–H and O–H groups in total. The van der Waals surface area contributed by atoms with Crippen molar-refractivity contribution in [1.82, 2.24) is 4.98 Å². The van der Waals surface area contributed by atoms with Crippen molar-refractivity contribution >= 4 is 28.2 Å². The standard InChI is InChI=1S/C19H13FN4/c1-12-10-18(22-14-8-6-13(20)7-9-14)24-17-5-3-2-4-16(17)23-19(24)15(12)11-21/h2-10H,1H3,(H,22,23)/p+1. The van der Waals surface area contributed by atoms with Gasteiger partial charge in [0.25, 0.3) is 0 Å². The monoisotopic (exact) mass is 317 g/mol. The molecule has 4 rings (SSSR count). The molecular weight excluding hydrogens is 303 g/mol. The lowest BCUT2D eigenvalue weighted by Gasteiger charge is -2.06. The highest BCUT2D eigenvalue weighted by molar-refractivity contribution is 5.77. The van der Waals surface area contributed by atoms with Gasteiger partial charge < -0.3 is 0 Å². The van der Waals surface area contributed by atoms with Gasteiger partial charge in [-0.05, 0) is 48.9 Å². The molecule has 4 nitrogen and oxygen atoms in total. The van der Waals surface area contributed by atoms with Gasteiger partial charge in [0.2, 0.25) is 11.5 Å². The average Bonchev–Trinajstić information content (AvgIpc) is 2.96. The van der Waals surface area contributed by atoms with Crippen molar-refractivity contribution in [3.63, 3.8) is 0 Å². The van der Waals surface area contributed by atoms with Gasteiger partial charge in [0.05, 0.1) is 5.69 Å². The molecule has 2 aromatic heterocycles. The highest BCUT2D eigenvalue weighted by Crippen LogP contribution is 2.22. The van der Waals surface area contributed by atoms with Gasteiger partial charge in [-0.25, -0.2) is 4.39 Å². The minimum Gasteiger partial charge on any atom is -0.273 e. The minimum atomic E-state index is -0.276. The van der Waals surface area contributed by atoms with E-state index in [1.165, 1.54) is 12.1 Å². The zero-order chi connectivity index (χ0) is 16.7. The van der Waals surface area contributed by atoms with E-state index in [1.54, 1.807) is 12.1 Å². The van der Waals surface area contributed by atoms with E-state index in [1.807, 2.05) is 41.7 Å². The van der Waals surface area contributed by atoms with Crippen molar-refractivity contribution in [2.45, 2.75) is 6.92 Å². The van der Waals surface area contributed by atoms with Crippen molar-refractivity contribution in [1.29, 1.82) is 5.26 Å². The van der Waals surface area contributed by atoms with Gasteiger partial charge in [-0.15, -0.1) is 0 Å². The molecule has 0 spiro atoms. The normalized spacial score (nSPS) is 10.9. The number of hydrogen-bond acceptors (Lipinski definition) is 2. The SMILES string of the molecule is Cc1cc(Nc2ccc(F)cc2)[n+]2c([nH]c3ccccc32)c1C#N. The maximum atomic E-state index is 13.1. The number of imidazole rings is 1. The summed E-state index contributed by atoms with van der Waals surface area (Å²) in [6.07, 6.45) is 0. The summed E-state index contributed by atoms with van der Waals surface area (Å²) in [5.41, 5.74) is 4.91. The smallest absolute Gasteiger partial charge is 0.250 e. The Kier molecular flexibility index (Phi) is 3.17. The van der Waals surface area contributed by atoms with E-state index in [9.17, 15) is 9.65 Å². The summed E-state index contributed by atoms with van der Waals surface area (Å²) >= 11 is 0. The van der Waals surface area contributed by atoms with E-state index >= 15 is 0 Å². The van der Waals surface area contributed by atoms with Crippen molar-refractivity contribution < 1.29 is 8.79 Å². The van der Waals surface area contributed by atoms with Gasteiger partial charge >= 0.3 is 0 Å². The number of nitriles is 1. The molecule has 24 heavy (non-hydrogen) atoms. The minimum absolute atomic E-state index is 0.276. The van der Waals surface area contributed by atoms with E-state index in [-0.39, 0.29) is 5.82 Å². The molecule has 0 aliphatic heterocycles. The van der Waals surface area contributed by atoms with E-state index in [0.717, 1.165) is 33.7 Å². The largest absolute Gasteiger partial charge is 0.273 e. The number of nitrogens with one attached hydrogen (secondary N) is 2. The van der Waals surface area contributed by atoms with Gasteiger partial charge in [0.1, 0.15) is 28.5 Å². The highest BCUT2D eigenvalue weighted by atomic mass is 19.1. The first-order chi connectivity index (χ1) is 11.7. The summed E-state index contributed by atoms with van der Waals surface area (Å²) in [5, 5.41) is 12.8. The lowest BCUT2D eigenvalue weighted by Crippen LogP contribution is -2.26. The van der Waals surface area contributed by atoms with Gasteiger partial charge in [-0.3, -0.25) is 10.3 Å². The number of anilines is 2. The van der Waals surface area contributed by atoms with E-state index in [2.05, 4.69) is 16.4 Å². The maximum Gasteiger partial charge on any atom is 0.250 e. The second kappa shape index (κ2) is 5.36. The van der Waals surface area contributed by atoms with Gasteiger partial charge in [-0.1, -0.05) is 12.1 Å². The number of rotatable bonds is 2. The summed E-state index contributed by atoms with van der Waals surface area (Å²) in [6.45, 7) is 1.90. The second-order valence-corrected chi connectivity index (χ2v) is 5.66. The van der Waals surface area contributed by atoms with E-state index in [4.69, 9.17) is 0 Å². The molecule has 5 heteroatoms. The Balaban J connectivity index is 2.01. The number of aryl methyl sites for hydroxylation is 1. The topological polar surface area (TPSA) is 55.7 Å². The molecule has 2 aromatic carbocycles. The number of H-pyrrole nitrogens is 1. The molecule has 0 radical (unpaired) electrons. The summed E-state index contributed by atoms with van der Waals surface area (Å²) in [4.78, 5) is 3.31. The fourth-order valence-electron chi connectivity index (χ4n) is 2.95. The summed E-state index contributed by atoms with van der Waals surface area (Å²) < 4.78 is 15.1.